The van der Waals surface area contributed by atoms with Crippen molar-refractivity contribution in [2.24, 2.45) is 0 Å². The van der Waals surface area contributed by atoms with Gasteiger partial charge >= 0.3 is 6.18 Å². The fourth-order valence-corrected chi connectivity index (χ4v) is 1.64. The molecule has 2 rings (SSSR count). The van der Waals surface area contributed by atoms with Gasteiger partial charge in [-0.1, -0.05) is 6.07 Å². The number of anilines is 3. The molecule has 0 radical (unpaired) electrons. The topological polar surface area (TPSA) is 70.1 Å². The Balaban J connectivity index is 2.38. The van der Waals surface area contributed by atoms with Crippen molar-refractivity contribution in [3.8, 4) is 0 Å². The molecular weight excluding hydrogens is 323 g/mol. The molecule has 0 aliphatic carbocycles. The Bertz CT molecular complexity index is 693. The van der Waals surface area contributed by atoms with E-state index >= 15 is 0 Å². The molecule has 5 nitrogen and oxygen atoms in total. The first-order valence-corrected chi connectivity index (χ1v) is 6.33. The first kappa shape index (κ1) is 16.9. The number of alkyl halides is 3. The summed E-state index contributed by atoms with van der Waals surface area (Å²) in [6, 6.07) is 3.77. The van der Waals surface area contributed by atoms with Crippen LogP contribution in [0, 0.1) is 11.6 Å². The smallest absolute Gasteiger partial charge is 0.395 e. The van der Waals surface area contributed by atoms with Crippen LogP contribution in [0.25, 0.3) is 0 Å². The van der Waals surface area contributed by atoms with E-state index in [0.717, 1.165) is 12.1 Å². The lowest BCUT2D eigenvalue weighted by molar-refractivity contribution is -0.141. The molecule has 0 fully saturated rings. The van der Waals surface area contributed by atoms with Crippen LogP contribution in [0.2, 0.25) is 0 Å². The van der Waals surface area contributed by atoms with Gasteiger partial charge in [-0.15, -0.1) is 0 Å². The second-order valence-corrected chi connectivity index (χ2v) is 4.34. The van der Waals surface area contributed by atoms with Crippen LogP contribution in [0.15, 0.2) is 24.3 Å². The van der Waals surface area contributed by atoms with Crippen LogP contribution in [0.5, 0.6) is 0 Å². The van der Waals surface area contributed by atoms with E-state index in [0.29, 0.717) is 6.07 Å². The van der Waals surface area contributed by atoms with Crippen LogP contribution in [-0.2, 0) is 6.18 Å². The van der Waals surface area contributed by atoms with Crippen molar-refractivity contribution in [1.29, 1.82) is 0 Å². The number of aliphatic hydroxyl groups is 1. The van der Waals surface area contributed by atoms with Crippen molar-refractivity contribution in [3.05, 3.63) is 41.6 Å². The van der Waals surface area contributed by atoms with Crippen molar-refractivity contribution in [1.82, 2.24) is 9.97 Å². The summed E-state index contributed by atoms with van der Waals surface area (Å²) in [6.07, 6.45) is -4.75. The Labute approximate surface area is 127 Å². The minimum Gasteiger partial charge on any atom is -0.395 e. The van der Waals surface area contributed by atoms with E-state index in [1.54, 1.807) is 0 Å². The van der Waals surface area contributed by atoms with Crippen LogP contribution < -0.4 is 10.6 Å². The first-order valence-electron chi connectivity index (χ1n) is 6.33. The number of nitrogens with zero attached hydrogens (tertiary/aromatic N) is 2. The summed E-state index contributed by atoms with van der Waals surface area (Å²) < 4.78 is 65.2. The standard InChI is InChI=1S/C13H11F5N4O/c14-7-2-1-3-8(11(7)15)20-10-6-9(13(16,17)18)21-12(22-10)19-4-5-23/h1-3,6,23H,4-5H2,(H2,19,20,21,22). The second kappa shape index (κ2) is 6.73. The van der Waals surface area contributed by atoms with Crippen molar-refractivity contribution >= 4 is 17.5 Å². The maximum atomic E-state index is 13.6. The Morgan fingerprint density at radius 3 is 2.52 bits per heavy atom. The van der Waals surface area contributed by atoms with E-state index in [2.05, 4.69) is 20.6 Å². The fraction of sp³-hybridized carbons (Fsp3) is 0.231. The second-order valence-electron chi connectivity index (χ2n) is 4.34. The number of benzene rings is 1. The maximum Gasteiger partial charge on any atom is 0.433 e. The Morgan fingerprint density at radius 1 is 1.13 bits per heavy atom. The first-order chi connectivity index (χ1) is 10.8. The summed E-state index contributed by atoms with van der Waals surface area (Å²) in [7, 11) is 0. The molecule has 23 heavy (non-hydrogen) atoms. The van der Waals surface area contributed by atoms with Gasteiger partial charge in [0, 0.05) is 12.6 Å². The van der Waals surface area contributed by atoms with E-state index in [9.17, 15) is 22.0 Å². The SMILES string of the molecule is OCCNc1nc(Nc2cccc(F)c2F)cc(C(F)(F)F)n1. The zero-order chi connectivity index (χ0) is 17.0. The normalized spacial score (nSPS) is 11.4. The third-order valence-electron chi connectivity index (χ3n) is 2.63. The van der Waals surface area contributed by atoms with Gasteiger partial charge in [0.2, 0.25) is 5.95 Å². The van der Waals surface area contributed by atoms with Crippen LogP contribution in [0.4, 0.5) is 39.4 Å². The largest absolute Gasteiger partial charge is 0.433 e. The number of aromatic nitrogens is 2. The van der Waals surface area contributed by atoms with Gasteiger partial charge in [-0.05, 0) is 12.1 Å². The maximum absolute atomic E-state index is 13.6. The van der Waals surface area contributed by atoms with E-state index < -0.39 is 29.5 Å². The van der Waals surface area contributed by atoms with E-state index in [4.69, 9.17) is 5.11 Å². The average molecular weight is 334 g/mol. The van der Waals surface area contributed by atoms with Crippen LogP contribution in [0.3, 0.4) is 0 Å². The lowest BCUT2D eigenvalue weighted by atomic mass is 10.3. The zero-order valence-electron chi connectivity index (χ0n) is 11.5. The van der Waals surface area contributed by atoms with Gasteiger partial charge in [-0.3, -0.25) is 0 Å². The van der Waals surface area contributed by atoms with Gasteiger partial charge in [0.05, 0.1) is 12.3 Å². The third kappa shape index (κ3) is 4.25. The molecular formula is C13H11F5N4O. The highest BCUT2D eigenvalue weighted by atomic mass is 19.4. The number of aliphatic hydroxyl groups excluding tert-OH is 1. The molecule has 2 aromatic rings. The molecule has 0 amide bonds. The summed E-state index contributed by atoms with van der Waals surface area (Å²) in [6.45, 7) is -0.421. The molecule has 1 heterocycles. The van der Waals surface area contributed by atoms with E-state index in [-0.39, 0.29) is 24.7 Å². The van der Waals surface area contributed by atoms with Gasteiger partial charge in [0.15, 0.2) is 17.3 Å². The van der Waals surface area contributed by atoms with Gasteiger partial charge in [0.1, 0.15) is 5.82 Å². The van der Waals surface area contributed by atoms with Crippen LogP contribution in [-0.4, -0.2) is 28.2 Å². The van der Waals surface area contributed by atoms with Gasteiger partial charge in [-0.25, -0.2) is 13.8 Å². The van der Waals surface area contributed by atoms with Gasteiger partial charge < -0.3 is 15.7 Å². The molecule has 0 aliphatic rings. The molecule has 0 saturated heterocycles. The molecule has 1 aromatic carbocycles. The Morgan fingerprint density at radius 2 is 1.87 bits per heavy atom. The summed E-state index contributed by atoms with van der Waals surface area (Å²) in [4.78, 5) is 6.97. The van der Waals surface area contributed by atoms with Gasteiger partial charge in [-0.2, -0.15) is 18.2 Å². The molecule has 0 spiro atoms. The lowest BCUT2D eigenvalue weighted by Crippen LogP contribution is -2.15. The molecule has 0 saturated carbocycles. The van der Waals surface area contributed by atoms with Crippen LogP contribution in [0.1, 0.15) is 5.69 Å². The minimum absolute atomic E-state index is 0.0743. The predicted molar refractivity (Wildman–Crippen MR) is 72.3 cm³/mol. The summed E-state index contributed by atoms with van der Waals surface area (Å²) >= 11 is 0. The minimum atomic E-state index is -4.75. The number of nitrogens with one attached hydrogen (secondary N) is 2. The fourth-order valence-electron chi connectivity index (χ4n) is 1.64. The molecule has 0 unspecified atom stereocenters. The number of hydrogen-bond acceptors (Lipinski definition) is 5. The molecule has 0 atom stereocenters. The van der Waals surface area contributed by atoms with Gasteiger partial charge in [0.25, 0.3) is 0 Å². The highest BCUT2D eigenvalue weighted by molar-refractivity contribution is 5.58. The molecule has 0 bridgehead atoms. The van der Waals surface area contributed by atoms with Crippen molar-refractivity contribution in [3.63, 3.8) is 0 Å². The summed E-state index contributed by atoms with van der Waals surface area (Å²) in [5.41, 5.74) is -1.64. The number of halogens is 5. The highest BCUT2D eigenvalue weighted by Gasteiger charge is 2.33. The van der Waals surface area contributed by atoms with Crippen molar-refractivity contribution < 1.29 is 27.1 Å². The predicted octanol–water partition coefficient (Wildman–Crippen LogP) is 2.92. The molecule has 124 valence electrons. The highest BCUT2D eigenvalue weighted by Crippen LogP contribution is 2.30. The summed E-state index contributed by atoms with van der Waals surface area (Å²) in [5, 5.41) is 13.3. The van der Waals surface area contributed by atoms with Crippen LogP contribution >= 0.6 is 0 Å². The Kier molecular flexibility index (Phi) is 4.94. The summed E-state index contributed by atoms with van der Waals surface area (Å²) in [5.74, 6) is -3.19. The van der Waals surface area contributed by atoms with Crippen molar-refractivity contribution in [2.45, 2.75) is 6.18 Å². The van der Waals surface area contributed by atoms with E-state index in [1.165, 1.54) is 6.07 Å². The molecule has 0 aliphatic heterocycles. The lowest BCUT2D eigenvalue weighted by Gasteiger charge is -2.13. The molecule has 3 N–H and O–H groups in total. The van der Waals surface area contributed by atoms with Crippen molar-refractivity contribution in [2.75, 3.05) is 23.8 Å². The monoisotopic (exact) mass is 334 g/mol. The number of rotatable bonds is 5. The third-order valence-corrected chi connectivity index (χ3v) is 2.63. The average Bonchev–Trinajstić information content (AvgIpc) is 2.49. The molecule has 10 heteroatoms. The quantitative estimate of drug-likeness (QED) is 0.734. The number of hydrogen-bond donors (Lipinski definition) is 3. The molecule has 1 aromatic heterocycles. The van der Waals surface area contributed by atoms with E-state index in [1.807, 2.05) is 0 Å². The Hall–Kier alpha value is -2.49. The zero-order valence-corrected chi connectivity index (χ0v) is 11.5.